The molecule has 1 aromatic heterocycles. The zero-order chi connectivity index (χ0) is 23.4. The Morgan fingerprint density at radius 3 is 2.58 bits per heavy atom. The molecule has 0 saturated heterocycles. The number of pyridine rings is 1. The molecule has 0 aliphatic rings. The van der Waals surface area contributed by atoms with Gasteiger partial charge in [0.1, 0.15) is 18.3 Å². The summed E-state index contributed by atoms with van der Waals surface area (Å²) in [6.07, 6.45) is 5.07. The molecule has 0 aliphatic heterocycles. The summed E-state index contributed by atoms with van der Waals surface area (Å²) in [5, 5.41) is 16.3. The molecule has 0 saturated carbocycles. The van der Waals surface area contributed by atoms with Crippen LogP contribution >= 0.6 is 0 Å². The van der Waals surface area contributed by atoms with Gasteiger partial charge < -0.3 is 25.6 Å². The van der Waals surface area contributed by atoms with Gasteiger partial charge in [-0.05, 0) is 30.9 Å². The normalized spacial score (nSPS) is 12.7. The molecule has 0 bridgehead atoms. The molecular weight excluding hydrogens is 404 g/mol. The first-order valence-corrected chi connectivity index (χ1v) is 10.1. The van der Waals surface area contributed by atoms with Crippen LogP contribution in [0.25, 0.3) is 0 Å². The number of nitrogens with one attached hydrogen (secondary N) is 3. The Bertz CT molecular complexity index is 877. The van der Waals surface area contributed by atoms with E-state index in [4.69, 9.17) is 5.11 Å². The number of amides is 3. The number of anilines is 1. The first-order valence-electron chi connectivity index (χ1n) is 10.1. The van der Waals surface area contributed by atoms with E-state index in [-0.39, 0.29) is 31.0 Å². The van der Waals surface area contributed by atoms with Crippen LogP contribution in [0.4, 0.5) is 5.69 Å². The van der Waals surface area contributed by atoms with Crippen LogP contribution < -0.4 is 21.5 Å². The number of carbonyl (C=O) groups is 4. The molecule has 3 amide bonds. The molecule has 4 N–H and O–H groups in total. The molecule has 1 heterocycles. The molecule has 10 nitrogen and oxygen atoms in total. The average Bonchev–Trinajstić information content (AvgIpc) is 2.70. The van der Waals surface area contributed by atoms with Crippen LogP contribution in [0.5, 0.6) is 0 Å². The van der Waals surface area contributed by atoms with Crippen molar-refractivity contribution in [2.45, 2.75) is 52.6 Å². The van der Waals surface area contributed by atoms with Gasteiger partial charge >= 0.3 is 5.97 Å². The van der Waals surface area contributed by atoms with E-state index >= 15 is 0 Å². The van der Waals surface area contributed by atoms with Gasteiger partial charge in [0.2, 0.25) is 17.7 Å². The molecule has 0 radical (unpaired) electrons. The largest absolute Gasteiger partial charge is 0.478 e. The van der Waals surface area contributed by atoms with Crippen molar-refractivity contribution >= 4 is 29.4 Å². The lowest BCUT2D eigenvalue weighted by molar-refractivity contribution is -0.131. The third kappa shape index (κ3) is 9.75. The Labute approximate surface area is 180 Å². The average molecular weight is 434 g/mol. The lowest BCUT2D eigenvalue weighted by Crippen LogP contribution is -2.44. The number of allylic oxidation sites excluding steroid dienone is 1. The zero-order valence-corrected chi connectivity index (χ0v) is 18.0. The summed E-state index contributed by atoms with van der Waals surface area (Å²) in [5.41, 5.74) is -0.583. The summed E-state index contributed by atoms with van der Waals surface area (Å²) >= 11 is 0. The van der Waals surface area contributed by atoms with Gasteiger partial charge in [-0.25, -0.2) is 4.79 Å². The van der Waals surface area contributed by atoms with Gasteiger partial charge in [0.05, 0.1) is 0 Å². The van der Waals surface area contributed by atoms with Crippen LogP contribution in [0.3, 0.4) is 0 Å². The fraction of sp³-hybridized carbons (Fsp3) is 0.476. The maximum absolute atomic E-state index is 12.6. The number of carboxylic acid groups (broad SMARTS) is 1. The highest BCUT2D eigenvalue weighted by atomic mass is 16.4. The van der Waals surface area contributed by atoms with Crippen molar-refractivity contribution in [3.8, 4) is 0 Å². The van der Waals surface area contributed by atoms with Gasteiger partial charge in [0.25, 0.3) is 5.56 Å². The maximum atomic E-state index is 12.6. The SMILES string of the molecule is CCC(C)CNC(=O)Cn1cccc(NC(=O)C(CC/C=C/C(=O)O)NC(C)=O)c1=O. The fourth-order valence-electron chi connectivity index (χ4n) is 2.58. The Morgan fingerprint density at radius 2 is 1.97 bits per heavy atom. The second-order valence-electron chi connectivity index (χ2n) is 7.23. The van der Waals surface area contributed by atoms with E-state index in [9.17, 15) is 24.0 Å². The van der Waals surface area contributed by atoms with Crippen LogP contribution in [0.15, 0.2) is 35.3 Å². The van der Waals surface area contributed by atoms with E-state index in [2.05, 4.69) is 16.0 Å². The van der Waals surface area contributed by atoms with Gasteiger partial charge in [0.15, 0.2) is 0 Å². The molecule has 0 aromatic carbocycles. The van der Waals surface area contributed by atoms with E-state index < -0.39 is 29.4 Å². The highest BCUT2D eigenvalue weighted by Gasteiger charge is 2.20. The van der Waals surface area contributed by atoms with Gasteiger partial charge in [0, 0.05) is 25.7 Å². The molecule has 0 aliphatic carbocycles. The maximum Gasteiger partial charge on any atom is 0.327 e. The van der Waals surface area contributed by atoms with Gasteiger partial charge in [-0.15, -0.1) is 0 Å². The van der Waals surface area contributed by atoms with Crippen LogP contribution in [-0.4, -0.2) is 46.0 Å². The first-order chi connectivity index (χ1) is 14.6. The Balaban J connectivity index is 2.84. The van der Waals surface area contributed by atoms with E-state index in [0.717, 1.165) is 12.5 Å². The van der Waals surface area contributed by atoms with Crippen molar-refractivity contribution in [3.05, 3.63) is 40.8 Å². The minimum Gasteiger partial charge on any atom is -0.478 e. The zero-order valence-electron chi connectivity index (χ0n) is 18.0. The predicted octanol–water partition coefficient (Wildman–Crippen LogP) is 0.875. The number of carbonyl (C=O) groups excluding carboxylic acids is 3. The minimum absolute atomic E-state index is 0.0290. The Kier molecular flexibility index (Phi) is 10.7. The topological polar surface area (TPSA) is 147 Å². The molecule has 0 spiro atoms. The van der Waals surface area contributed by atoms with E-state index in [0.29, 0.717) is 12.5 Å². The summed E-state index contributed by atoms with van der Waals surface area (Å²) in [6, 6.07) is 1.98. The van der Waals surface area contributed by atoms with E-state index in [1.54, 1.807) is 0 Å². The summed E-state index contributed by atoms with van der Waals surface area (Å²) in [6.45, 7) is 5.60. The van der Waals surface area contributed by atoms with Crippen molar-refractivity contribution < 1.29 is 24.3 Å². The Hall–Kier alpha value is -3.43. The summed E-state index contributed by atoms with van der Waals surface area (Å²) in [4.78, 5) is 59.2. The monoisotopic (exact) mass is 434 g/mol. The quantitative estimate of drug-likeness (QED) is 0.359. The molecular formula is C21H30N4O6. The number of nitrogens with zero attached hydrogens (tertiary/aromatic N) is 1. The van der Waals surface area contributed by atoms with Gasteiger partial charge in [-0.2, -0.15) is 0 Å². The van der Waals surface area contributed by atoms with Gasteiger partial charge in [-0.3, -0.25) is 19.2 Å². The van der Waals surface area contributed by atoms with Crippen molar-refractivity contribution in [2.75, 3.05) is 11.9 Å². The van der Waals surface area contributed by atoms with Crippen molar-refractivity contribution in [1.82, 2.24) is 15.2 Å². The molecule has 2 atom stereocenters. The number of aromatic nitrogens is 1. The smallest absolute Gasteiger partial charge is 0.327 e. The molecule has 1 aromatic rings. The van der Waals surface area contributed by atoms with Gasteiger partial charge in [-0.1, -0.05) is 26.3 Å². The summed E-state index contributed by atoms with van der Waals surface area (Å²) < 4.78 is 1.19. The second kappa shape index (κ2) is 13.0. The van der Waals surface area contributed by atoms with Crippen LogP contribution in [0, 0.1) is 5.92 Å². The summed E-state index contributed by atoms with van der Waals surface area (Å²) in [5.74, 6) is -2.16. The highest BCUT2D eigenvalue weighted by molar-refractivity contribution is 5.96. The third-order valence-corrected chi connectivity index (χ3v) is 4.51. The van der Waals surface area contributed by atoms with Crippen LogP contribution in [0.1, 0.15) is 40.0 Å². The highest BCUT2D eigenvalue weighted by Crippen LogP contribution is 2.05. The number of aliphatic carboxylic acids is 1. The number of carboxylic acids is 1. The molecule has 2 unspecified atom stereocenters. The standard InChI is InChI=1S/C21H30N4O6/c1-4-14(2)12-22-18(27)13-25-11-7-9-17(21(25)31)24-20(30)16(23-15(3)26)8-5-6-10-19(28)29/h6-7,9-11,14,16H,4-5,8,12-13H2,1-3H3,(H,22,27)(H,23,26)(H,24,30)(H,28,29)/b10-6+. The van der Waals surface area contributed by atoms with Crippen molar-refractivity contribution in [1.29, 1.82) is 0 Å². The van der Waals surface area contributed by atoms with Crippen molar-refractivity contribution in [3.63, 3.8) is 0 Å². The first kappa shape index (κ1) is 25.6. The van der Waals surface area contributed by atoms with Crippen LogP contribution in [0.2, 0.25) is 0 Å². The molecule has 1 rings (SSSR count). The van der Waals surface area contributed by atoms with E-state index in [1.165, 1.54) is 35.9 Å². The predicted molar refractivity (Wildman–Crippen MR) is 115 cm³/mol. The fourth-order valence-corrected chi connectivity index (χ4v) is 2.58. The van der Waals surface area contributed by atoms with Crippen LogP contribution in [-0.2, 0) is 25.7 Å². The molecule has 31 heavy (non-hydrogen) atoms. The third-order valence-electron chi connectivity index (χ3n) is 4.51. The minimum atomic E-state index is -1.11. The molecule has 170 valence electrons. The Morgan fingerprint density at radius 1 is 1.26 bits per heavy atom. The molecule has 10 heteroatoms. The lowest BCUT2D eigenvalue weighted by Gasteiger charge is -2.17. The molecule has 0 fully saturated rings. The second-order valence-corrected chi connectivity index (χ2v) is 7.23. The number of hydrogen-bond acceptors (Lipinski definition) is 5. The van der Waals surface area contributed by atoms with E-state index in [1.807, 2.05) is 13.8 Å². The van der Waals surface area contributed by atoms with Crippen molar-refractivity contribution in [2.24, 2.45) is 5.92 Å². The number of rotatable bonds is 12. The number of hydrogen-bond donors (Lipinski definition) is 4. The summed E-state index contributed by atoms with van der Waals surface area (Å²) in [7, 11) is 0. The lowest BCUT2D eigenvalue weighted by atomic mass is 10.1.